The molecule has 1 aromatic carbocycles. The van der Waals surface area contributed by atoms with Gasteiger partial charge in [0.25, 0.3) is 0 Å². The fourth-order valence-corrected chi connectivity index (χ4v) is 1.46. The molecule has 2 rings (SSSR count). The molecule has 3 heteroatoms. The number of aliphatic hydroxyl groups is 1. The topological polar surface area (TPSA) is 48.9 Å². The van der Waals surface area contributed by atoms with Crippen molar-refractivity contribution >= 4 is 0 Å². The van der Waals surface area contributed by atoms with Crippen molar-refractivity contribution in [3.63, 3.8) is 0 Å². The number of benzene rings is 1. The van der Waals surface area contributed by atoms with Crippen LogP contribution in [0.4, 0.5) is 0 Å². The third kappa shape index (κ3) is 2.25. The van der Waals surface area contributed by atoms with Crippen molar-refractivity contribution in [1.29, 1.82) is 0 Å². The first-order valence-electron chi connectivity index (χ1n) is 5.01. The molecule has 0 amide bonds. The zero-order valence-corrected chi connectivity index (χ0v) is 8.70. The van der Waals surface area contributed by atoms with Gasteiger partial charge in [0.2, 0.25) is 0 Å². The lowest BCUT2D eigenvalue weighted by Crippen LogP contribution is -1.90. The molecule has 0 aliphatic heterocycles. The van der Waals surface area contributed by atoms with E-state index in [1.54, 1.807) is 6.20 Å². The highest BCUT2D eigenvalue weighted by Gasteiger charge is 2.02. The Bertz CT molecular complexity index is 431. The summed E-state index contributed by atoms with van der Waals surface area (Å²) < 4.78 is 0. The average Bonchev–Trinajstić information content (AvgIpc) is 2.68. The van der Waals surface area contributed by atoms with E-state index in [0.29, 0.717) is 6.42 Å². The molecule has 0 bridgehead atoms. The molecule has 0 saturated heterocycles. The van der Waals surface area contributed by atoms with E-state index < -0.39 is 0 Å². The number of imidazole rings is 1. The fourth-order valence-electron chi connectivity index (χ4n) is 1.46. The lowest BCUT2D eigenvalue weighted by Gasteiger charge is -1.97. The largest absolute Gasteiger partial charge is 0.396 e. The summed E-state index contributed by atoms with van der Waals surface area (Å²) in [4.78, 5) is 7.45. The Morgan fingerprint density at radius 2 is 2.00 bits per heavy atom. The van der Waals surface area contributed by atoms with Gasteiger partial charge in [-0.3, -0.25) is 0 Å². The summed E-state index contributed by atoms with van der Waals surface area (Å²) in [6, 6.07) is 8.20. The summed E-state index contributed by atoms with van der Waals surface area (Å²) in [5.41, 5.74) is 3.28. The van der Waals surface area contributed by atoms with Gasteiger partial charge in [0.1, 0.15) is 5.82 Å². The second kappa shape index (κ2) is 4.28. The lowest BCUT2D eigenvalue weighted by atomic mass is 10.1. The first kappa shape index (κ1) is 9.93. The van der Waals surface area contributed by atoms with Gasteiger partial charge in [0.05, 0.1) is 0 Å². The van der Waals surface area contributed by atoms with Crippen molar-refractivity contribution in [3.05, 3.63) is 41.7 Å². The number of H-pyrrole nitrogens is 1. The highest BCUT2D eigenvalue weighted by molar-refractivity contribution is 5.55. The zero-order valence-electron chi connectivity index (χ0n) is 8.70. The molecule has 78 valence electrons. The van der Waals surface area contributed by atoms with Crippen LogP contribution in [-0.2, 0) is 6.42 Å². The standard InChI is InChI=1S/C12H14N2O/c1-9-2-4-10(5-3-9)12-13-8-11(14-12)6-7-15/h2-5,8,15H,6-7H2,1H3,(H,13,14). The van der Waals surface area contributed by atoms with Gasteiger partial charge in [-0.1, -0.05) is 29.8 Å². The number of nitrogens with one attached hydrogen (secondary N) is 1. The molecule has 15 heavy (non-hydrogen) atoms. The number of hydrogen-bond acceptors (Lipinski definition) is 2. The van der Waals surface area contributed by atoms with Crippen LogP contribution < -0.4 is 0 Å². The fraction of sp³-hybridized carbons (Fsp3) is 0.250. The Balaban J connectivity index is 2.25. The molecular weight excluding hydrogens is 188 g/mol. The Morgan fingerprint density at radius 3 is 2.67 bits per heavy atom. The number of aromatic amines is 1. The summed E-state index contributed by atoms with van der Waals surface area (Å²) in [5.74, 6) is 0.860. The van der Waals surface area contributed by atoms with Crippen LogP contribution >= 0.6 is 0 Å². The van der Waals surface area contributed by atoms with Crippen LogP contribution in [0.1, 0.15) is 11.3 Å². The third-order valence-corrected chi connectivity index (χ3v) is 2.33. The maximum atomic E-state index is 8.79. The van der Waals surface area contributed by atoms with E-state index in [2.05, 4.69) is 29.0 Å². The molecule has 0 saturated carbocycles. The summed E-state index contributed by atoms with van der Waals surface area (Å²) >= 11 is 0. The van der Waals surface area contributed by atoms with Crippen LogP contribution in [0.3, 0.4) is 0 Å². The summed E-state index contributed by atoms with van der Waals surface area (Å²) in [6.07, 6.45) is 2.39. The van der Waals surface area contributed by atoms with Crippen LogP contribution in [0.2, 0.25) is 0 Å². The minimum atomic E-state index is 0.148. The Morgan fingerprint density at radius 1 is 1.27 bits per heavy atom. The second-order valence-corrected chi connectivity index (χ2v) is 3.60. The van der Waals surface area contributed by atoms with E-state index in [9.17, 15) is 0 Å². The van der Waals surface area contributed by atoms with Gasteiger partial charge in [-0.05, 0) is 6.92 Å². The van der Waals surface area contributed by atoms with Gasteiger partial charge in [-0.2, -0.15) is 0 Å². The predicted octanol–water partition coefficient (Wildman–Crippen LogP) is 1.92. The SMILES string of the molecule is Cc1ccc(-c2ncc(CCO)[nH]2)cc1. The van der Waals surface area contributed by atoms with Crippen molar-refractivity contribution in [2.75, 3.05) is 6.61 Å². The minimum Gasteiger partial charge on any atom is -0.396 e. The predicted molar refractivity (Wildman–Crippen MR) is 59.6 cm³/mol. The maximum Gasteiger partial charge on any atom is 0.137 e. The van der Waals surface area contributed by atoms with Crippen molar-refractivity contribution in [2.24, 2.45) is 0 Å². The van der Waals surface area contributed by atoms with Gasteiger partial charge in [0.15, 0.2) is 0 Å². The first-order valence-corrected chi connectivity index (χ1v) is 5.01. The van der Waals surface area contributed by atoms with Gasteiger partial charge in [0, 0.05) is 30.5 Å². The molecule has 0 atom stereocenters. The maximum absolute atomic E-state index is 8.79. The molecule has 0 aliphatic rings. The van der Waals surface area contributed by atoms with Crippen LogP contribution in [0.25, 0.3) is 11.4 Å². The minimum absolute atomic E-state index is 0.148. The number of aliphatic hydroxyl groups excluding tert-OH is 1. The van der Waals surface area contributed by atoms with E-state index in [0.717, 1.165) is 17.1 Å². The van der Waals surface area contributed by atoms with E-state index in [4.69, 9.17) is 5.11 Å². The van der Waals surface area contributed by atoms with E-state index >= 15 is 0 Å². The van der Waals surface area contributed by atoms with Crippen molar-refractivity contribution < 1.29 is 5.11 Å². The molecule has 0 aliphatic carbocycles. The monoisotopic (exact) mass is 202 g/mol. The Hall–Kier alpha value is -1.61. The molecule has 2 aromatic rings. The number of hydrogen-bond donors (Lipinski definition) is 2. The molecule has 2 N–H and O–H groups in total. The smallest absolute Gasteiger partial charge is 0.137 e. The highest BCUT2D eigenvalue weighted by atomic mass is 16.3. The molecule has 3 nitrogen and oxygen atoms in total. The quantitative estimate of drug-likeness (QED) is 0.798. The zero-order chi connectivity index (χ0) is 10.7. The highest BCUT2D eigenvalue weighted by Crippen LogP contribution is 2.16. The van der Waals surface area contributed by atoms with Gasteiger partial charge >= 0.3 is 0 Å². The first-order chi connectivity index (χ1) is 7.29. The lowest BCUT2D eigenvalue weighted by molar-refractivity contribution is 0.298. The van der Waals surface area contributed by atoms with Gasteiger partial charge in [-0.15, -0.1) is 0 Å². The second-order valence-electron chi connectivity index (χ2n) is 3.60. The van der Waals surface area contributed by atoms with Crippen LogP contribution in [0.15, 0.2) is 30.5 Å². The number of aryl methyl sites for hydroxylation is 1. The number of rotatable bonds is 3. The molecule has 0 fully saturated rings. The van der Waals surface area contributed by atoms with Crippen LogP contribution in [0.5, 0.6) is 0 Å². The van der Waals surface area contributed by atoms with E-state index in [-0.39, 0.29) is 6.61 Å². The van der Waals surface area contributed by atoms with Crippen LogP contribution in [0, 0.1) is 6.92 Å². The number of aromatic nitrogens is 2. The summed E-state index contributed by atoms with van der Waals surface area (Å²) in [7, 11) is 0. The van der Waals surface area contributed by atoms with Crippen molar-refractivity contribution in [3.8, 4) is 11.4 Å². The molecular formula is C12H14N2O. The van der Waals surface area contributed by atoms with E-state index in [1.807, 2.05) is 12.1 Å². The Kier molecular flexibility index (Phi) is 2.83. The average molecular weight is 202 g/mol. The van der Waals surface area contributed by atoms with Crippen LogP contribution in [-0.4, -0.2) is 21.7 Å². The van der Waals surface area contributed by atoms with Gasteiger partial charge in [-0.25, -0.2) is 4.98 Å². The van der Waals surface area contributed by atoms with E-state index in [1.165, 1.54) is 5.56 Å². The molecule has 0 spiro atoms. The third-order valence-electron chi connectivity index (χ3n) is 2.33. The molecule has 1 aromatic heterocycles. The summed E-state index contributed by atoms with van der Waals surface area (Å²) in [5, 5.41) is 8.79. The van der Waals surface area contributed by atoms with Crippen molar-refractivity contribution in [2.45, 2.75) is 13.3 Å². The molecule has 0 radical (unpaired) electrons. The molecule has 0 unspecified atom stereocenters. The molecule has 1 heterocycles. The Labute approximate surface area is 88.8 Å². The van der Waals surface area contributed by atoms with Gasteiger partial charge < -0.3 is 10.1 Å². The van der Waals surface area contributed by atoms with Crippen molar-refractivity contribution in [1.82, 2.24) is 9.97 Å². The normalized spacial score (nSPS) is 10.5. The number of nitrogens with zero attached hydrogens (tertiary/aromatic N) is 1. The summed E-state index contributed by atoms with van der Waals surface area (Å²) in [6.45, 7) is 2.21.